The molecule has 0 aliphatic carbocycles. The molecule has 2 fully saturated rings. The third-order valence-corrected chi connectivity index (χ3v) is 8.86. The van der Waals surface area contributed by atoms with Crippen LogP contribution in [0.5, 0.6) is 0 Å². The van der Waals surface area contributed by atoms with Crippen LogP contribution in [0.15, 0.2) is 18.2 Å². The number of hydrogen-bond donors (Lipinski definition) is 2. The van der Waals surface area contributed by atoms with E-state index < -0.39 is 0 Å². The molecule has 0 atom stereocenters. The van der Waals surface area contributed by atoms with E-state index in [1.165, 1.54) is 51.7 Å². The van der Waals surface area contributed by atoms with Crippen LogP contribution < -0.4 is 15.5 Å². The van der Waals surface area contributed by atoms with E-state index in [1.54, 1.807) is 6.07 Å². The van der Waals surface area contributed by atoms with Crippen molar-refractivity contribution in [1.82, 2.24) is 25.1 Å². The Bertz CT molecular complexity index is 1130. The number of piperidine rings is 1. The molecule has 0 unspecified atom stereocenters. The van der Waals surface area contributed by atoms with E-state index in [9.17, 15) is 4.79 Å². The second-order valence-corrected chi connectivity index (χ2v) is 11.9. The lowest BCUT2D eigenvalue weighted by atomic mass is 9.93. The topological polar surface area (TPSA) is 76.6 Å². The molecule has 5 rings (SSSR count). The molecule has 39 heavy (non-hydrogen) atoms. The largest absolute Gasteiger partial charge is 0.365 e. The van der Waals surface area contributed by atoms with Gasteiger partial charge in [-0.1, -0.05) is 36.2 Å². The lowest BCUT2D eigenvalue weighted by molar-refractivity contribution is 0.192. The van der Waals surface area contributed by atoms with E-state index in [1.807, 2.05) is 17.0 Å². The molecule has 4 heterocycles. The number of likely N-dealkylation sites (tertiary alicyclic amines) is 1. The average molecular weight is 575 g/mol. The van der Waals surface area contributed by atoms with Gasteiger partial charge in [-0.25, -0.2) is 9.78 Å². The molecule has 8 nitrogen and oxygen atoms in total. The van der Waals surface area contributed by atoms with Gasteiger partial charge in [-0.05, 0) is 81.8 Å². The molecule has 0 radical (unpaired) electrons. The number of urea groups is 1. The molecule has 1 aromatic heterocycles. The molecular formula is C29H41Cl2N7O. The fourth-order valence-corrected chi connectivity index (χ4v) is 6.32. The number of nitrogens with zero attached hydrogens (tertiary/aromatic N) is 5. The predicted octanol–water partition coefficient (Wildman–Crippen LogP) is 5.58. The van der Waals surface area contributed by atoms with E-state index in [0.29, 0.717) is 42.6 Å². The normalized spacial score (nSPS) is 18.3. The number of carbonyl (C=O) groups is 1. The summed E-state index contributed by atoms with van der Waals surface area (Å²) in [6.07, 6.45) is 8.00. The van der Waals surface area contributed by atoms with Crippen molar-refractivity contribution in [2.45, 2.75) is 65.0 Å². The van der Waals surface area contributed by atoms with Gasteiger partial charge in [0.1, 0.15) is 5.82 Å². The molecule has 0 saturated carbocycles. The van der Waals surface area contributed by atoms with Crippen molar-refractivity contribution in [2.75, 3.05) is 56.0 Å². The number of rotatable bonds is 9. The summed E-state index contributed by atoms with van der Waals surface area (Å²) in [6.45, 7) is 10.1. The predicted molar refractivity (Wildman–Crippen MR) is 159 cm³/mol. The molecule has 2 saturated heterocycles. The highest BCUT2D eigenvalue weighted by atomic mass is 35.5. The minimum atomic E-state index is -0.0331. The molecule has 1 aromatic carbocycles. The Morgan fingerprint density at radius 2 is 1.87 bits per heavy atom. The maximum absolute atomic E-state index is 12.7. The summed E-state index contributed by atoms with van der Waals surface area (Å²) < 4.78 is 0. The highest BCUT2D eigenvalue weighted by Crippen LogP contribution is 2.30. The van der Waals surface area contributed by atoms with Crippen molar-refractivity contribution < 1.29 is 4.79 Å². The van der Waals surface area contributed by atoms with Crippen LogP contribution in [0.4, 0.5) is 16.6 Å². The minimum absolute atomic E-state index is 0.0331. The first-order chi connectivity index (χ1) is 19.0. The monoisotopic (exact) mass is 573 g/mol. The van der Waals surface area contributed by atoms with Gasteiger partial charge in [0.05, 0.1) is 12.2 Å². The summed E-state index contributed by atoms with van der Waals surface area (Å²) in [5, 5.41) is 7.76. The number of amides is 2. The van der Waals surface area contributed by atoms with Crippen molar-refractivity contribution in [2.24, 2.45) is 5.92 Å². The zero-order valence-corrected chi connectivity index (χ0v) is 24.5. The van der Waals surface area contributed by atoms with E-state index in [0.717, 1.165) is 54.0 Å². The van der Waals surface area contributed by atoms with Gasteiger partial charge in [0.2, 0.25) is 5.95 Å². The third-order valence-electron chi connectivity index (χ3n) is 8.27. The Labute approximate surface area is 242 Å². The fraction of sp³-hybridized carbons (Fsp3) is 0.621. The number of carbonyl (C=O) groups excluding carboxylic acids is 1. The maximum atomic E-state index is 12.7. The molecule has 2 amide bonds. The first kappa shape index (κ1) is 28.2. The summed E-state index contributed by atoms with van der Waals surface area (Å²) >= 11 is 12.6. The van der Waals surface area contributed by atoms with Crippen molar-refractivity contribution in [3.05, 3.63) is 45.1 Å². The SMILES string of the molecule is CCCNC(=O)N1CCc2nc(N3CCC(CCN4CCCC4)CC3)nc(NCc3ccc(Cl)cc3Cl)c2C1. The highest BCUT2D eigenvalue weighted by molar-refractivity contribution is 6.35. The van der Waals surface area contributed by atoms with Gasteiger partial charge in [-0.15, -0.1) is 0 Å². The molecule has 0 spiro atoms. The highest BCUT2D eigenvalue weighted by Gasteiger charge is 2.28. The zero-order valence-electron chi connectivity index (χ0n) is 23.0. The van der Waals surface area contributed by atoms with E-state index in [-0.39, 0.29) is 6.03 Å². The van der Waals surface area contributed by atoms with E-state index in [2.05, 4.69) is 27.4 Å². The molecule has 10 heteroatoms. The van der Waals surface area contributed by atoms with Crippen LogP contribution in [0.3, 0.4) is 0 Å². The zero-order chi connectivity index (χ0) is 27.2. The van der Waals surface area contributed by atoms with Crippen LogP contribution in [-0.4, -0.2) is 71.6 Å². The number of hydrogen-bond acceptors (Lipinski definition) is 6. The summed E-state index contributed by atoms with van der Waals surface area (Å²) in [7, 11) is 0. The molecule has 0 bridgehead atoms. The fourth-order valence-electron chi connectivity index (χ4n) is 5.84. The molecular weight excluding hydrogens is 533 g/mol. The number of nitrogens with one attached hydrogen (secondary N) is 2. The Kier molecular flexibility index (Phi) is 9.69. The molecule has 3 aliphatic rings. The van der Waals surface area contributed by atoms with Crippen molar-refractivity contribution in [3.63, 3.8) is 0 Å². The van der Waals surface area contributed by atoms with Gasteiger partial charge in [-0.3, -0.25) is 0 Å². The maximum Gasteiger partial charge on any atom is 0.317 e. The number of fused-ring (bicyclic) bond motifs is 1. The second kappa shape index (κ2) is 13.4. The number of benzene rings is 1. The Balaban J connectivity index is 1.30. The summed E-state index contributed by atoms with van der Waals surface area (Å²) in [5.74, 6) is 2.35. The van der Waals surface area contributed by atoms with Crippen molar-refractivity contribution in [3.8, 4) is 0 Å². The summed E-state index contributed by atoms with van der Waals surface area (Å²) in [5.41, 5.74) is 2.96. The first-order valence-corrected chi connectivity index (χ1v) is 15.3. The minimum Gasteiger partial charge on any atom is -0.365 e. The molecule has 212 valence electrons. The van der Waals surface area contributed by atoms with Crippen LogP contribution in [0, 0.1) is 5.92 Å². The van der Waals surface area contributed by atoms with E-state index in [4.69, 9.17) is 33.2 Å². The summed E-state index contributed by atoms with van der Waals surface area (Å²) in [4.78, 5) is 29.6. The third kappa shape index (κ3) is 7.27. The van der Waals surface area contributed by atoms with Gasteiger partial charge in [0, 0.05) is 54.8 Å². The van der Waals surface area contributed by atoms with Crippen LogP contribution >= 0.6 is 23.2 Å². The smallest absolute Gasteiger partial charge is 0.317 e. The van der Waals surface area contributed by atoms with Gasteiger partial charge < -0.3 is 25.3 Å². The van der Waals surface area contributed by atoms with Crippen LogP contribution in [0.1, 0.15) is 62.3 Å². The molecule has 2 N–H and O–H groups in total. The van der Waals surface area contributed by atoms with Crippen LogP contribution in [0.2, 0.25) is 10.0 Å². The van der Waals surface area contributed by atoms with Crippen LogP contribution in [-0.2, 0) is 19.5 Å². The number of anilines is 2. The van der Waals surface area contributed by atoms with Crippen molar-refractivity contribution >= 4 is 41.0 Å². The van der Waals surface area contributed by atoms with Gasteiger partial charge in [-0.2, -0.15) is 4.98 Å². The molecule has 3 aliphatic heterocycles. The first-order valence-electron chi connectivity index (χ1n) is 14.6. The number of halogens is 2. The van der Waals surface area contributed by atoms with Gasteiger partial charge in [0.15, 0.2) is 0 Å². The van der Waals surface area contributed by atoms with Crippen molar-refractivity contribution in [1.29, 1.82) is 0 Å². The summed E-state index contributed by atoms with van der Waals surface area (Å²) in [6, 6.07) is 5.51. The Morgan fingerprint density at radius 3 is 2.62 bits per heavy atom. The number of aromatic nitrogens is 2. The Hall–Kier alpha value is -2.29. The van der Waals surface area contributed by atoms with Gasteiger partial charge in [0.25, 0.3) is 0 Å². The van der Waals surface area contributed by atoms with E-state index >= 15 is 0 Å². The second-order valence-electron chi connectivity index (χ2n) is 11.1. The Morgan fingerprint density at radius 1 is 1.08 bits per heavy atom. The molecule has 2 aromatic rings. The van der Waals surface area contributed by atoms with Gasteiger partial charge >= 0.3 is 6.03 Å². The van der Waals surface area contributed by atoms with Crippen LogP contribution in [0.25, 0.3) is 0 Å². The lowest BCUT2D eigenvalue weighted by Gasteiger charge is -2.34. The standard InChI is InChI=1S/C29H41Cl2N7O/c1-2-11-32-29(39)38-17-10-26-24(20-38)27(33-19-22-5-6-23(30)18-25(22)31)35-28(34-26)37-15-8-21(9-16-37)7-14-36-12-3-4-13-36/h5-6,18,21H,2-4,7-17,19-20H2,1H3,(H,32,39)(H,33,34,35). The average Bonchev–Trinajstić information content (AvgIpc) is 3.48. The lowest BCUT2D eigenvalue weighted by Crippen LogP contribution is -2.43. The quantitative estimate of drug-likeness (QED) is 0.408.